The SMILES string of the molecule is CSc1ccccc1Oc1cc(C)nc(C)c1C(=N)N. The van der Waals surface area contributed by atoms with Crippen LogP contribution >= 0.6 is 11.8 Å². The van der Waals surface area contributed by atoms with Crippen molar-refractivity contribution < 1.29 is 4.74 Å². The van der Waals surface area contributed by atoms with E-state index in [1.807, 2.05) is 44.4 Å². The maximum atomic E-state index is 7.70. The molecule has 3 N–H and O–H groups in total. The number of thioether (sulfide) groups is 1. The molecule has 1 aromatic carbocycles. The van der Waals surface area contributed by atoms with E-state index < -0.39 is 0 Å². The number of benzene rings is 1. The molecule has 0 atom stereocenters. The number of nitrogen functional groups attached to an aromatic ring is 1. The van der Waals surface area contributed by atoms with Crippen LogP contribution in [0.2, 0.25) is 0 Å². The molecule has 0 aliphatic carbocycles. The van der Waals surface area contributed by atoms with Crippen LogP contribution in [-0.4, -0.2) is 17.1 Å². The molecule has 2 aromatic rings. The molecule has 5 heteroatoms. The van der Waals surface area contributed by atoms with Gasteiger partial charge in [-0.15, -0.1) is 11.8 Å². The number of hydrogen-bond acceptors (Lipinski definition) is 4. The summed E-state index contributed by atoms with van der Waals surface area (Å²) in [5, 5.41) is 7.70. The average Bonchev–Trinajstić information content (AvgIpc) is 2.38. The number of para-hydroxylation sites is 1. The molecular weight excluding hydrogens is 270 g/mol. The van der Waals surface area contributed by atoms with Gasteiger partial charge in [0.25, 0.3) is 0 Å². The summed E-state index contributed by atoms with van der Waals surface area (Å²) in [5.41, 5.74) is 7.74. The number of pyridine rings is 1. The van der Waals surface area contributed by atoms with Crippen LogP contribution < -0.4 is 10.5 Å². The molecule has 0 amide bonds. The normalized spacial score (nSPS) is 10.3. The van der Waals surface area contributed by atoms with Crippen LogP contribution in [0.4, 0.5) is 0 Å². The van der Waals surface area contributed by atoms with E-state index in [2.05, 4.69) is 4.98 Å². The molecule has 4 nitrogen and oxygen atoms in total. The van der Waals surface area contributed by atoms with E-state index in [0.29, 0.717) is 17.0 Å². The van der Waals surface area contributed by atoms with E-state index >= 15 is 0 Å². The van der Waals surface area contributed by atoms with Crippen LogP contribution in [0.25, 0.3) is 0 Å². The fraction of sp³-hybridized carbons (Fsp3) is 0.200. The molecule has 1 aromatic heterocycles. The maximum absolute atomic E-state index is 7.70. The van der Waals surface area contributed by atoms with E-state index in [1.165, 1.54) is 0 Å². The third-order valence-corrected chi connectivity index (χ3v) is 3.63. The summed E-state index contributed by atoms with van der Waals surface area (Å²) < 4.78 is 5.97. The van der Waals surface area contributed by atoms with Gasteiger partial charge in [0.05, 0.1) is 11.3 Å². The Morgan fingerprint density at radius 1 is 1.25 bits per heavy atom. The lowest BCUT2D eigenvalue weighted by molar-refractivity contribution is 0.468. The number of aryl methyl sites for hydroxylation is 2. The first kappa shape index (κ1) is 14.4. The Hall–Kier alpha value is -2.01. The van der Waals surface area contributed by atoms with Crippen molar-refractivity contribution in [3.8, 4) is 11.5 Å². The second-order valence-corrected chi connectivity index (χ2v) is 5.24. The van der Waals surface area contributed by atoms with Crippen molar-refractivity contribution >= 4 is 17.6 Å². The van der Waals surface area contributed by atoms with Gasteiger partial charge in [-0.25, -0.2) is 0 Å². The van der Waals surface area contributed by atoms with Gasteiger partial charge in [0, 0.05) is 16.7 Å². The van der Waals surface area contributed by atoms with E-state index in [9.17, 15) is 0 Å². The largest absolute Gasteiger partial charge is 0.455 e. The Morgan fingerprint density at radius 3 is 2.60 bits per heavy atom. The highest BCUT2D eigenvalue weighted by Gasteiger charge is 2.14. The van der Waals surface area contributed by atoms with Crippen molar-refractivity contribution in [3.05, 3.63) is 47.3 Å². The first-order valence-corrected chi connectivity index (χ1v) is 7.39. The molecular formula is C15H17N3OS. The second kappa shape index (κ2) is 5.96. The van der Waals surface area contributed by atoms with Crippen molar-refractivity contribution in [2.45, 2.75) is 18.7 Å². The molecule has 0 fully saturated rings. The quantitative estimate of drug-likeness (QED) is 0.513. The summed E-state index contributed by atoms with van der Waals surface area (Å²) in [6, 6.07) is 9.59. The summed E-state index contributed by atoms with van der Waals surface area (Å²) >= 11 is 1.61. The Bertz CT molecular complexity index is 656. The molecule has 0 aliphatic rings. The fourth-order valence-electron chi connectivity index (χ4n) is 2.02. The van der Waals surface area contributed by atoms with Gasteiger partial charge in [0.1, 0.15) is 17.3 Å². The minimum absolute atomic E-state index is 0.0355. The molecule has 0 saturated carbocycles. The molecule has 0 bridgehead atoms. The van der Waals surface area contributed by atoms with Crippen molar-refractivity contribution in [1.29, 1.82) is 5.41 Å². The number of nitrogens with one attached hydrogen (secondary N) is 1. The van der Waals surface area contributed by atoms with Gasteiger partial charge in [0.15, 0.2) is 0 Å². The van der Waals surface area contributed by atoms with Crippen LogP contribution in [0.5, 0.6) is 11.5 Å². The predicted octanol–water partition coefficient (Wildman–Crippen LogP) is 3.50. The van der Waals surface area contributed by atoms with Crippen molar-refractivity contribution in [3.63, 3.8) is 0 Å². The smallest absolute Gasteiger partial charge is 0.142 e. The van der Waals surface area contributed by atoms with E-state index in [4.69, 9.17) is 15.9 Å². The number of ether oxygens (including phenoxy) is 1. The molecule has 104 valence electrons. The molecule has 0 unspecified atom stereocenters. The standard InChI is InChI=1S/C15H17N3OS/c1-9-8-12(14(15(16)17)10(2)18-9)19-11-6-4-5-7-13(11)20-3/h4-8H,1-3H3,(H3,16,17). The van der Waals surface area contributed by atoms with Crippen molar-refractivity contribution in [2.24, 2.45) is 5.73 Å². The van der Waals surface area contributed by atoms with Gasteiger partial charge in [-0.1, -0.05) is 12.1 Å². The predicted molar refractivity (Wildman–Crippen MR) is 83.0 cm³/mol. The summed E-state index contributed by atoms with van der Waals surface area (Å²) in [4.78, 5) is 5.37. The number of nitrogens with two attached hydrogens (primary N) is 1. The lowest BCUT2D eigenvalue weighted by Gasteiger charge is -2.14. The molecule has 1 heterocycles. The summed E-state index contributed by atoms with van der Waals surface area (Å²) in [6.07, 6.45) is 2.00. The minimum atomic E-state index is -0.0355. The molecule has 0 spiro atoms. The van der Waals surface area contributed by atoms with Gasteiger partial charge in [0.2, 0.25) is 0 Å². The minimum Gasteiger partial charge on any atom is -0.455 e. The molecule has 0 aliphatic heterocycles. The zero-order valence-corrected chi connectivity index (χ0v) is 12.5. The monoisotopic (exact) mass is 287 g/mol. The van der Waals surface area contributed by atoms with E-state index in [0.717, 1.165) is 16.3 Å². The summed E-state index contributed by atoms with van der Waals surface area (Å²) in [6.45, 7) is 3.72. The Kier molecular flexibility index (Phi) is 4.29. The number of nitrogens with zero attached hydrogens (tertiary/aromatic N) is 1. The average molecular weight is 287 g/mol. The van der Waals surface area contributed by atoms with Crippen LogP contribution in [0, 0.1) is 19.3 Å². The molecule has 0 saturated heterocycles. The molecule has 20 heavy (non-hydrogen) atoms. The molecule has 2 rings (SSSR count). The molecule has 0 radical (unpaired) electrons. The van der Waals surface area contributed by atoms with E-state index in [1.54, 1.807) is 17.8 Å². The van der Waals surface area contributed by atoms with Gasteiger partial charge in [-0.2, -0.15) is 0 Å². The van der Waals surface area contributed by atoms with Gasteiger partial charge >= 0.3 is 0 Å². The Balaban J connectivity index is 2.50. The zero-order valence-electron chi connectivity index (χ0n) is 11.7. The third-order valence-electron chi connectivity index (χ3n) is 2.85. The maximum Gasteiger partial charge on any atom is 0.142 e. The van der Waals surface area contributed by atoms with Crippen LogP contribution in [0.1, 0.15) is 17.0 Å². The highest BCUT2D eigenvalue weighted by atomic mass is 32.2. The van der Waals surface area contributed by atoms with Gasteiger partial charge < -0.3 is 10.5 Å². The summed E-state index contributed by atoms with van der Waals surface area (Å²) in [5.74, 6) is 1.29. The van der Waals surface area contributed by atoms with Crippen molar-refractivity contribution in [2.75, 3.05) is 6.26 Å². The van der Waals surface area contributed by atoms with Gasteiger partial charge in [-0.05, 0) is 32.2 Å². The number of rotatable bonds is 4. The number of amidine groups is 1. The third kappa shape index (κ3) is 2.93. The van der Waals surface area contributed by atoms with Crippen LogP contribution in [-0.2, 0) is 0 Å². The lowest BCUT2D eigenvalue weighted by Crippen LogP contribution is -2.15. The number of aromatic nitrogens is 1. The first-order chi connectivity index (χ1) is 9.52. The van der Waals surface area contributed by atoms with Crippen LogP contribution in [0.3, 0.4) is 0 Å². The lowest BCUT2D eigenvalue weighted by atomic mass is 10.1. The fourth-order valence-corrected chi connectivity index (χ4v) is 2.55. The zero-order chi connectivity index (χ0) is 14.7. The summed E-state index contributed by atoms with van der Waals surface area (Å²) in [7, 11) is 0. The second-order valence-electron chi connectivity index (χ2n) is 4.39. The Labute approximate surface area is 122 Å². The van der Waals surface area contributed by atoms with Crippen LogP contribution in [0.15, 0.2) is 35.2 Å². The highest BCUT2D eigenvalue weighted by molar-refractivity contribution is 7.98. The van der Waals surface area contributed by atoms with Gasteiger partial charge in [-0.3, -0.25) is 10.4 Å². The topological polar surface area (TPSA) is 72.0 Å². The number of hydrogen-bond donors (Lipinski definition) is 2. The first-order valence-electron chi connectivity index (χ1n) is 6.16. The highest BCUT2D eigenvalue weighted by Crippen LogP contribution is 2.33. The van der Waals surface area contributed by atoms with E-state index in [-0.39, 0.29) is 5.84 Å². The Morgan fingerprint density at radius 2 is 1.95 bits per heavy atom. The van der Waals surface area contributed by atoms with Crippen molar-refractivity contribution in [1.82, 2.24) is 4.98 Å².